The molecule has 0 aliphatic heterocycles. The molecule has 1 aromatic carbocycles. The molecule has 104 valence electrons. The summed E-state index contributed by atoms with van der Waals surface area (Å²) in [5, 5.41) is 0. The zero-order valence-corrected chi connectivity index (χ0v) is 12.7. The van der Waals surface area contributed by atoms with Crippen molar-refractivity contribution in [1.82, 2.24) is 0 Å². The van der Waals surface area contributed by atoms with Crippen LogP contribution >= 0.6 is 15.9 Å². The van der Waals surface area contributed by atoms with Gasteiger partial charge in [0.15, 0.2) is 0 Å². The number of rotatable bonds is 5. The lowest BCUT2D eigenvalue weighted by Crippen LogP contribution is -2.10. The molecule has 0 spiro atoms. The zero-order valence-electron chi connectivity index (χ0n) is 11.1. The summed E-state index contributed by atoms with van der Waals surface area (Å²) >= 11 is 3.15. The van der Waals surface area contributed by atoms with E-state index in [1.165, 1.54) is 38.2 Å². The summed E-state index contributed by atoms with van der Waals surface area (Å²) in [4.78, 5) is 11.9. The molecule has 1 saturated carbocycles. The molecular weight excluding hydrogens is 307 g/mol. The third-order valence-electron chi connectivity index (χ3n) is 3.94. The van der Waals surface area contributed by atoms with Gasteiger partial charge in [-0.25, -0.2) is 4.39 Å². The van der Waals surface area contributed by atoms with Gasteiger partial charge >= 0.3 is 0 Å². The lowest BCUT2D eigenvalue weighted by atomic mass is 9.85. The Morgan fingerprint density at radius 2 is 2.00 bits per heavy atom. The van der Waals surface area contributed by atoms with E-state index in [2.05, 4.69) is 15.9 Å². The first-order chi connectivity index (χ1) is 9.15. The highest BCUT2D eigenvalue weighted by molar-refractivity contribution is 9.10. The minimum absolute atomic E-state index is 0.268. The Kier molecular flexibility index (Phi) is 5.56. The van der Waals surface area contributed by atoms with Crippen LogP contribution in [0, 0.1) is 11.7 Å². The lowest BCUT2D eigenvalue weighted by molar-refractivity contribution is -0.118. The van der Waals surface area contributed by atoms with Crippen molar-refractivity contribution in [1.29, 1.82) is 0 Å². The topological polar surface area (TPSA) is 17.1 Å². The van der Waals surface area contributed by atoms with Gasteiger partial charge in [0.2, 0.25) is 0 Å². The number of hydrogen-bond acceptors (Lipinski definition) is 1. The molecule has 0 unspecified atom stereocenters. The molecule has 0 bridgehead atoms. The maximum absolute atomic E-state index is 13.1. The van der Waals surface area contributed by atoms with Gasteiger partial charge in [-0.2, -0.15) is 0 Å². The van der Waals surface area contributed by atoms with Crippen LogP contribution in [0.15, 0.2) is 22.7 Å². The van der Waals surface area contributed by atoms with Gasteiger partial charge in [-0.15, -0.1) is 0 Å². The van der Waals surface area contributed by atoms with Gasteiger partial charge in [0, 0.05) is 12.8 Å². The fourth-order valence-electron chi connectivity index (χ4n) is 2.81. The van der Waals surface area contributed by atoms with E-state index in [4.69, 9.17) is 0 Å². The monoisotopic (exact) mass is 326 g/mol. The van der Waals surface area contributed by atoms with Crippen molar-refractivity contribution in [2.45, 2.75) is 51.4 Å². The molecule has 0 atom stereocenters. The van der Waals surface area contributed by atoms with Crippen molar-refractivity contribution in [3.8, 4) is 0 Å². The highest BCUT2D eigenvalue weighted by Gasteiger charge is 2.15. The van der Waals surface area contributed by atoms with E-state index in [0.717, 1.165) is 17.9 Å². The summed E-state index contributed by atoms with van der Waals surface area (Å²) in [7, 11) is 0. The van der Waals surface area contributed by atoms with Gasteiger partial charge in [-0.1, -0.05) is 38.2 Å². The Morgan fingerprint density at radius 1 is 1.26 bits per heavy atom. The maximum Gasteiger partial charge on any atom is 0.137 e. The third-order valence-corrected chi connectivity index (χ3v) is 4.55. The molecule has 0 radical (unpaired) electrons. The van der Waals surface area contributed by atoms with Crippen LogP contribution in [0.25, 0.3) is 0 Å². The molecular formula is C16H20BrFO. The second kappa shape index (κ2) is 7.18. The van der Waals surface area contributed by atoms with Crippen molar-refractivity contribution in [2.75, 3.05) is 0 Å². The van der Waals surface area contributed by atoms with Gasteiger partial charge in [-0.05, 0) is 46.0 Å². The molecule has 19 heavy (non-hydrogen) atoms. The van der Waals surface area contributed by atoms with E-state index in [-0.39, 0.29) is 11.6 Å². The highest BCUT2D eigenvalue weighted by Crippen LogP contribution is 2.27. The van der Waals surface area contributed by atoms with Crippen molar-refractivity contribution in [2.24, 2.45) is 5.92 Å². The smallest absolute Gasteiger partial charge is 0.137 e. The Morgan fingerprint density at radius 3 is 2.68 bits per heavy atom. The fourth-order valence-corrected chi connectivity index (χ4v) is 3.23. The number of Topliss-reactive ketones (excluding diaryl/α,β-unsaturated/α-hetero) is 1. The van der Waals surface area contributed by atoms with E-state index in [1.807, 2.05) is 0 Å². The van der Waals surface area contributed by atoms with Gasteiger partial charge in [0.25, 0.3) is 0 Å². The minimum Gasteiger partial charge on any atom is -0.299 e. The standard InChI is InChI=1S/C16H20BrFO/c17-15-11-13(7-9-16(15)18)10-14(19)8-6-12-4-2-1-3-5-12/h7,9,11-12H,1-6,8,10H2. The second-order valence-electron chi connectivity index (χ2n) is 5.51. The Labute approximate surface area is 122 Å². The largest absolute Gasteiger partial charge is 0.299 e. The summed E-state index contributed by atoms with van der Waals surface area (Å²) in [6, 6.07) is 4.81. The number of ketones is 1. The predicted molar refractivity (Wildman–Crippen MR) is 78.6 cm³/mol. The van der Waals surface area contributed by atoms with Crippen molar-refractivity contribution < 1.29 is 9.18 Å². The van der Waals surface area contributed by atoms with Crippen molar-refractivity contribution in [3.63, 3.8) is 0 Å². The highest BCUT2D eigenvalue weighted by atomic mass is 79.9. The van der Waals surface area contributed by atoms with Crippen LogP contribution in [0.3, 0.4) is 0 Å². The fraction of sp³-hybridized carbons (Fsp3) is 0.562. The number of hydrogen-bond donors (Lipinski definition) is 0. The average Bonchev–Trinajstić information content (AvgIpc) is 2.42. The van der Waals surface area contributed by atoms with Crippen LogP contribution in [0.5, 0.6) is 0 Å². The van der Waals surface area contributed by atoms with E-state index in [0.29, 0.717) is 17.3 Å². The second-order valence-corrected chi connectivity index (χ2v) is 6.36. The van der Waals surface area contributed by atoms with Crippen LogP contribution in [0.4, 0.5) is 4.39 Å². The minimum atomic E-state index is -0.279. The van der Waals surface area contributed by atoms with Crippen LogP contribution in [-0.2, 0) is 11.2 Å². The quantitative estimate of drug-likeness (QED) is 0.739. The Hall–Kier alpha value is -0.700. The summed E-state index contributed by atoms with van der Waals surface area (Å²) in [6.45, 7) is 0. The van der Waals surface area contributed by atoms with Crippen molar-refractivity contribution in [3.05, 3.63) is 34.1 Å². The van der Waals surface area contributed by atoms with Gasteiger partial charge < -0.3 is 0 Å². The van der Waals surface area contributed by atoms with E-state index in [9.17, 15) is 9.18 Å². The van der Waals surface area contributed by atoms with Crippen molar-refractivity contribution >= 4 is 21.7 Å². The van der Waals surface area contributed by atoms with Gasteiger partial charge in [0.05, 0.1) is 4.47 Å². The number of carbonyl (C=O) groups is 1. The van der Waals surface area contributed by atoms with E-state index >= 15 is 0 Å². The molecule has 0 amide bonds. The van der Waals surface area contributed by atoms with Crippen LogP contribution in [0.1, 0.15) is 50.5 Å². The molecule has 0 N–H and O–H groups in total. The third kappa shape index (κ3) is 4.72. The molecule has 1 aliphatic carbocycles. The van der Waals surface area contributed by atoms with Crippen LogP contribution in [0.2, 0.25) is 0 Å². The van der Waals surface area contributed by atoms with Crippen LogP contribution in [-0.4, -0.2) is 5.78 Å². The van der Waals surface area contributed by atoms with E-state index in [1.54, 1.807) is 12.1 Å². The first-order valence-electron chi connectivity index (χ1n) is 7.11. The SMILES string of the molecule is O=C(CCC1CCCCC1)Cc1ccc(F)c(Br)c1. The maximum atomic E-state index is 13.1. The molecule has 0 aromatic heterocycles. The van der Waals surface area contributed by atoms with E-state index < -0.39 is 0 Å². The molecule has 1 nitrogen and oxygen atoms in total. The molecule has 2 rings (SSSR count). The molecule has 1 fully saturated rings. The first-order valence-corrected chi connectivity index (χ1v) is 7.90. The Balaban J connectivity index is 1.78. The zero-order chi connectivity index (χ0) is 13.7. The molecule has 1 aliphatic rings. The first kappa shape index (κ1) is 14.7. The van der Waals surface area contributed by atoms with Crippen LogP contribution < -0.4 is 0 Å². The molecule has 1 aromatic rings. The number of halogens is 2. The number of carbonyl (C=O) groups excluding carboxylic acids is 1. The molecule has 0 saturated heterocycles. The molecule has 3 heteroatoms. The molecule has 0 heterocycles. The summed E-state index contributed by atoms with van der Waals surface area (Å²) in [5.41, 5.74) is 0.891. The summed E-state index contributed by atoms with van der Waals surface area (Å²) in [6.07, 6.45) is 8.69. The lowest BCUT2D eigenvalue weighted by Gasteiger charge is -2.20. The Bertz CT molecular complexity index is 438. The normalized spacial score (nSPS) is 16.5. The average molecular weight is 327 g/mol. The van der Waals surface area contributed by atoms with Gasteiger partial charge in [-0.3, -0.25) is 4.79 Å². The number of benzene rings is 1. The summed E-state index contributed by atoms with van der Waals surface area (Å²) in [5.74, 6) is 0.736. The summed E-state index contributed by atoms with van der Waals surface area (Å²) < 4.78 is 13.5. The predicted octanol–water partition coefficient (Wildman–Crippen LogP) is 5.06. The van der Waals surface area contributed by atoms with Gasteiger partial charge in [0.1, 0.15) is 11.6 Å².